The molecule has 3 amide bonds. The Morgan fingerprint density at radius 3 is 2.36 bits per heavy atom. The van der Waals surface area contributed by atoms with Crippen LogP contribution in [0.15, 0.2) is 58.8 Å². The van der Waals surface area contributed by atoms with E-state index in [4.69, 9.17) is 9.47 Å². The summed E-state index contributed by atoms with van der Waals surface area (Å²) in [5.41, 5.74) is 2.93. The Bertz CT molecular complexity index is 1310. The number of amides is 3. The summed E-state index contributed by atoms with van der Waals surface area (Å²) in [4.78, 5) is 35.6. The van der Waals surface area contributed by atoms with Gasteiger partial charge in [0.05, 0.1) is 20.8 Å². The van der Waals surface area contributed by atoms with Crippen LogP contribution in [0.25, 0.3) is 0 Å². The van der Waals surface area contributed by atoms with Crippen molar-refractivity contribution in [3.63, 3.8) is 0 Å². The van der Waals surface area contributed by atoms with Crippen molar-refractivity contribution in [3.8, 4) is 11.5 Å². The Morgan fingerprint density at radius 1 is 0.976 bits per heavy atom. The molecule has 3 aromatic rings. The fourth-order valence-electron chi connectivity index (χ4n) is 4.99. The third kappa shape index (κ3) is 8.89. The van der Waals surface area contributed by atoms with E-state index in [2.05, 4.69) is 28.6 Å². The lowest BCUT2D eigenvalue weighted by atomic mass is 10.1. The van der Waals surface area contributed by atoms with Crippen molar-refractivity contribution < 1.29 is 19.1 Å². The number of nitrogens with one attached hydrogen (secondary N) is 1. The minimum Gasteiger partial charge on any atom is -0.493 e. The molecule has 0 unspecified atom stereocenters. The number of rotatable bonds is 14. The van der Waals surface area contributed by atoms with Gasteiger partial charge in [-0.3, -0.25) is 4.79 Å². The second-order valence-electron chi connectivity index (χ2n) is 10.4. The number of thiophene rings is 1. The summed E-state index contributed by atoms with van der Waals surface area (Å²) in [6.45, 7) is 6.42. The number of methoxy groups -OCH3 is 2. The van der Waals surface area contributed by atoms with Crippen LogP contribution in [0.1, 0.15) is 28.8 Å². The van der Waals surface area contributed by atoms with Gasteiger partial charge in [-0.05, 0) is 105 Å². The highest BCUT2D eigenvalue weighted by atomic mass is 32.2. The van der Waals surface area contributed by atoms with Crippen LogP contribution in [-0.4, -0.2) is 86.4 Å². The fourth-order valence-corrected chi connectivity index (χ4v) is 6.32. The number of carbonyl (C=O) groups is 2. The lowest BCUT2D eigenvalue weighted by Gasteiger charge is -2.29. The highest BCUT2D eigenvalue weighted by Gasteiger charge is 2.24. The monoisotopic (exact) mass is 610 g/mol. The third-order valence-electron chi connectivity index (χ3n) is 7.61. The van der Waals surface area contributed by atoms with Gasteiger partial charge in [0.15, 0.2) is 11.5 Å². The van der Waals surface area contributed by atoms with Crippen molar-refractivity contribution in [1.82, 2.24) is 14.7 Å². The first-order chi connectivity index (χ1) is 20.4. The van der Waals surface area contributed by atoms with Crippen molar-refractivity contribution in [2.24, 2.45) is 0 Å². The number of hydrogen-bond donors (Lipinski definition) is 1. The van der Waals surface area contributed by atoms with Crippen LogP contribution in [0.2, 0.25) is 0 Å². The Balaban J connectivity index is 1.49. The minimum absolute atomic E-state index is 0.0128. The van der Waals surface area contributed by atoms with E-state index in [0.29, 0.717) is 37.6 Å². The second kappa shape index (κ2) is 15.9. The Labute approximate surface area is 258 Å². The fraction of sp³-hybridized carbons (Fsp3) is 0.438. The van der Waals surface area contributed by atoms with E-state index in [9.17, 15) is 9.59 Å². The van der Waals surface area contributed by atoms with Crippen molar-refractivity contribution in [3.05, 3.63) is 69.9 Å². The number of benzene rings is 2. The summed E-state index contributed by atoms with van der Waals surface area (Å²) in [5, 5.41) is 5.07. The SMILES string of the molecule is COc1ccc(CCN(Cc2sccc2C)C(=O)CN(CCN2CCCC2)C(=O)Nc2ccc(SC)cc2)cc1OC. The number of aryl methyl sites for hydroxylation is 1. The molecule has 1 aliphatic rings. The molecule has 4 rings (SSSR count). The van der Waals surface area contributed by atoms with E-state index >= 15 is 0 Å². The van der Waals surface area contributed by atoms with E-state index in [1.54, 1.807) is 42.2 Å². The summed E-state index contributed by atoms with van der Waals surface area (Å²) >= 11 is 3.31. The largest absolute Gasteiger partial charge is 0.493 e. The van der Waals surface area contributed by atoms with Crippen LogP contribution in [0.3, 0.4) is 0 Å². The highest BCUT2D eigenvalue weighted by Crippen LogP contribution is 2.28. The number of likely N-dealkylation sites (tertiary alicyclic amines) is 1. The van der Waals surface area contributed by atoms with E-state index in [-0.39, 0.29) is 18.5 Å². The van der Waals surface area contributed by atoms with E-state index in [1.807, 2.05) is 53.6 Å². The summed E-state index contributed by atoms with van der Waals surface area (Å²) in [6, 6.07) is 15.4. The van der Waals surface area contributed by atoms with Crippen molar-refractivity contribution in [2.45, 2.75) is 37.6 Å². The maximum absolute atomic E-state index is 13.9. The zero-order valence-corrected chi connectivity index (χ0v) is 26.7. The van der Waals surface area contributed by atoms with Gasteiger partial charge in [0.2, 0.25) is 5.91 Å². The molecule has 2 heterocycles. The number of ether oxygens (including phenoxy) is 2. The maximum Gasteiger partial charge on any atom is 0.322 e. The molecular weight excluding hydrogens is 569 g/mol. The molecule has 1 saturated heterocycles. The molecule has 0 bridgehead atoms. The molecule has 42 heavy (non-hydrogen) atoms. The quantitative estimate of drug-likeness (QED) is 0.226. The Morgan fingerprint density at radius 2 is 1.71 bits per heavy atom. The topological polar surface area (TPSA) is 74.4 Å². The number of carbonyl (C=O) groups excluding carboxylic acids is 2. The molecule has 0 aliphatic carbocycles. The van der Waals surface area contributed by atoms with Gasteiger partial charge in [-0.25, -0.2) is 4.79 Å². The molecule has 0 radical (unpaired) electrons. The van der Waals surface area contributed by atoms with Gasteiger partial charge in [0, 0.05) is 35.1 Å². The zero-order valence-electron chi connectivity index (χ0n) is 25.1. The number of anilines is 1. The number of nitrogens with zero attached hydrogens (tertiary/aromatic N) is 3. The Hall–Kier alpha value is -3.21. The highest BCUT2D eigenvalue weighted by molar-refractivity contribution is 7.98. The molecule has 1 aromatic heterocycles. The average Bonchev–Trinajstić information content (AvgIpc) is 3.68. The molecule has 1 fully saturated rings. The van der Waals surface area contributed by atoms with Gasteiger partial charge < -0.3 is 29.5 Å². The summed E-state index contributed by atoms with van der Waals surface area (Å²) in [5.74, 6) is 1.26. The maximum atomic E-state index is 13.9. The predicted molar refractivity (Wildman–Crippen MR) is 172 cm³/mol. The van der Waals surface area contributed by atoms with E-state index in [1.165, 1.54) is 18.4 Å². The molecule has 8 nitrogen and oxygen atoms in total. The minimum atomic E-state index is -0.258. The molecule has 1 aliphatic heterocycles. The van der Waals surface area contributed by atoms with Crippen LogP contribution in [0.5, 0.6) is 11.5 Å². The van der Waals surface area contributed by atoms with Gasteiger partial charge in [-0.2, -0.15) is 0 Å². The summed E-state index contributed by atoms with van der Waals surface area (Å²) in [6.07, 6.45) is 5.03. The first kappa shape index (κ1) is 31.7. The molecule has 10 heteroatoms. The molecule has 2 aromatic carbocycles. The smallest absolute Gasteiger partial charge is 0.322 e. The van der Waals surface area contributed by atoms with Gasteiger partial charge in [-0.1, -0.05) is 6.07 Å². The predicted octanol–water partition coefficient (Wildman–Crippen LogP) is 6.00. The first-order valence-electron chi connectivity index (χ1n) is 14.3. The third-order valence-corrected chi connectivity index (χ3v) is 9.36. The number of hydrogen-bond acceptors (Lipinski definition) is 7. The van der Waals surface area contributed by atoms with Crippen LogP contribution in [-0.2, 0) is 17.8 Å². The average molecular weight is 611 g/mol. The lowest BCUT2D eigenvalue weighted by molar-refractivity contribution is -0.132. The molecule has 0 spiro atoms. The molecule has 1 N–H and O–H groups in total. The molecule has 0 atom stereocenters. The zero-order chi connectivity index (χ0) is 29.9. The number of urea groups is 1. The van der Waals surface area contributed by atoms with Crippen molar-refractivity contribution >= 4 is 40.7 Å². The summed E-state index contributed by atoms with van der Waals surface area (Å²) < 4.78 is 10.9. The van der Waals surface area contributed by atoms with Gasteiger partial charge >= 0.3 is 6.03 Å². The second-order valence-corrected chi connectivity index (χ2v) is 12.3. The molecular formula is C32H42N4O4S2. The normalized spacial score (nSPS) is 13.1. The molecule has 226 valence electrons. The van der Waals surface area contributed by atoms with Crippen LogP contribution in [0.4, 0.5) is 10.5 Å². The standard InChI is InChI=1S/C32H42N4O4S2/c1-24-14-20-42-30(24)22-35(17-13-25-7-12-28(39-2)29(21-25)40-3)31(37)23-36(19-18-34-15-5-6-16-34)32(38)33-26-8-10-27(41-4)11-9-26/h7-12,14,20-21H,5-6,13,15-19,22-23H2,1-4H3,(H,33,38). The van der Waals surface area contributed by atoms with Crippen LogP contribution < -0.4 is 14.8 Å². The number of thioether (sulfide) groups is 1. The van der Waals surface area contributed by atoms with Crippen molar-refractivity contribution in [1.29, 1.82) is 0 Å². The van der Waals surface area contributed by atoms with E-state index in [0.717, 1.165) is 40.7 Å². The van der Waals surface area contributed by atoms with E-state index < -0.39 is 0 Å². The van der Waals surface area contributed by atoms with Gasteiger partial charge in [-0.15, -0.1) is 23.1 Å². The van der Waals surface area contributed by atoms with Gasteiger partial charge in [0.25, 0.3) is 0 Å². The van der Waals surface area contributed by atoms with Crippen molar-refractivity contribution in [2.75, 3.05) is 65.1 Å². The Kier molecular flexibility index (Phi) is 12.0. The van der Waals surface area contributed by atoms with Crippen LogP contribution in [0, 0.1) is 6.92 Å². The van der Waals surface area contributed by atoms with Crippen LogP contribution >= 0.6 is 23.1 Å². The summed E-state index contributed by atoms with van der Waals surface area (Å²) in [7, 11) is 3.24. The molecule has 0 saturated carbocycles. The first-order valence-corrected chi connectivity index (χ1v) is 16.4. The van der Waals surface area contributed by atoms with Gasteiger partial charge in [0.1, 0.15) is 6.54 Å². The lowest BCUT2D eigenvalue weighted by Crippen LogP contribution is -2.47.